The van der Waals surface area contributed by atoms with Crippen LogP contribution in [0.4, 0.5) is 0 Å². The molecule has 0 spiro atoms. The fraction of sp³-hybridized carbons (Fsp3) is 1.00. The molecule has 0 N–H and O–H groups in total. The van der Waals surface area contributed by atoms with Crippen LogP contribution in [0.1, 0.15) is 400 Å². The van der Waals surface area contributed by atoms with Crippen LogP contribution in [-0.4, -0.2) is 0 Å². The van der Waals surface area contributed by atoms with E-state index in [1.165, 1.54) is 372 Å². The third-order valence-electron chi connectivity index (χ3n) is 15.7. The van der Waals surface area contributed by atoms with E-state index in [1.807, 2.05) is 0 Å². The van der Waals surface area contributed by atoms with Crippen molar-refractivity contribution in [2.75, 3.05) is 0 Å². The van der Waals surface area contributed by atoms with Gasteiger partial charge in [-0.3, -0.25) is 0 Å². The summed E-state index contributed by atoms with van der Waals surface area (Å²) in [6.07, 6.45) is 86.1. The number of unbranched alkanes of at least 4 members (excludes halogenated alkanes) is 51. The van der Waals surface area contributed by atoms with Gasteiger partial charge in [-0.05, 0) is 11.8 Å². The SMILES string of the molecule is CCCCCCCCCCCCCCCCCCC(C)CCCCCCCCCCCCCCCCCCCCCCCCCCCCCCCCC(C)CCCCCCCCCC. The molecule has 0 aromatic carbocycles. The van der Waals surface area contributed by atoms with Crippen LogP contribution in [0.3, 0.4) is 0 Å². The van der Waals surface area contributed by atoms with Gasteiger partial charge in [-0.2, -0.15) is 0 Å². The molecule has 0 aromatic rings. The second kappa shape index (κ2) is 59.1. The molecule has 64 heavy (non-hydrogen) atoms. The van der Waals surface area contributed by atoms with Gasteiger partial charge in [0.05, 0.1) is 0 Å². The average molecular weight is 900 g/mol. The van der Waals surface area contributed by atoms with Crippen LogP contribution in [0.2, 0.25) is 0 Å². The molecule has 0 amide bonds. The Labute approximate surface area is 410 Å². The lowest BCUT2D eigenvalue weighted by Crippen LogP contribution is -1.95. The number of hydrogen-bond donors (Lipinski definition) is 0. The molecule has 0 saturated carbocycles. The van der Waals surface area contributed by atoms with Gasteiger partial charge in [0.25, 0.3) is 0 Å². The maximum absolute atomic E-state index is 2.52. The summed E-state index contributed by atoms with van der Waals surface area (Å²) in [5.74, 6) is 1.93. The molecule has 0 aromatic heterocycles. The summed E-state index contributed by atoms with van der Waals surface area (Å²) < 4.78 is 0. The fourth-order valence-electron chi connectivity index (χ4n) is 10.9. The molecule has 0 radical (unpaired) electrons. The van der Waals surface area contributed by atoms with Crippen LogP contribution in [0.25, 0.3) is 0 Å². The van der Waals surface area contributed by atoms with Gasteiger partial charge in [-0.15, -0.1) is 0 Å². The second-order valence-corrected chi connectivity index (χ2v) is 22.7. The van der Waals surface area contributed by atoms with Crippen molar-refractivity contribution in [1.29, 1.82) is 0 Å². The Morgan fingerprint density at radius 1 is 0.141 bits per heavy atom. The molecule has 0 nitrogen and oxygen atoms in total. The van der Waals surface area contributed by atoms with Crippen molar-refractivity contribution in [1.82, 2.24) is 0 Å². The highest BCUT2D eigenvalue weighted by Gasteiger charge is 2.05. The first-order valence-corrected chi connectivity index (χ1v) is 31.7. The first-order chi connectivity index (χ1) is 31.7. The summed E-state index contributed by atoms with van der Waals surface area (Å²) in [7, 11) is 0. The lowest BCUT2D eigenvalue weighted by atomic mass is 9.95. The molecule has 0 aliphatic heterocycles. The van der Waals surface area contributed by atoms with Gasteiger partial charge in [-0.1, -0.05) is 400 Å². The molecule has 0 heterocycles. The normalized spacial score (nSPS) is 12.8. The van der Waals surface area contributed by atoms with Gasteiger partial charge in [-0.25, -0.2) is 0 Å². The van der Waals surface area contributed by atoms with Crippen molar-refractivity contribution in [3.63, 3.8) is 0 Å². The first-order valence-electron chi connectivity index (χ1n) is 31.7. The van der Waals surface area contributed by atoms with Crippen molar-refractivity contribution in [2.45, 2.75) is 400 Å². The molecule has 0 aliphatic rings. The van der Waals surface area contributed by atoms with Gasteiger partial charge in [0.1, 0.15) is 0 Å². The molecule has 0 fully saturated rings. The monoisotopic (exact) mass is 899 g/mol. The molecule has 2 unspecified atom stereocenters. The molecule has 0 bridgehead atoms. The highest BCUT2D eigenvalue weighted by molar-refractivity contribution is 4.59. The smallest absolute Gasteiger partial charge is 0.0443 e. The minimum Gasteiger partial charge on any atom is -0.0654 e. The van der Waals surface area contributed by atoms with Crippen molar-refractivity contribution in [2.24, 2.45) is 11.8 Å². The van der Waals surface area contributed by atoms with Crippen LogP contribution in [-0.2, 0) is 0 Å². The van der Waals surface area contributed by atoms with Crippen LogP contribution in [0.15, 0.2) is 0 Å². The Kier molecular flexibility index (Phi) is 59.1. The van der Waals surface area contributed by atoms with Gasteiger partial charge in [0, 0.05) is 0 Å². The third kappa shape index (κ3) is 58.1. The Hall–Kier alpha value is 0. The van der Waals surface area contributed by atoms with E-state index in [4.69, 9.17) is 0 Å². The van der Waals surface area contributed by atoms with Gasteiger partial charge in [0.15, 0.2) is 0 Å². The van der Waals surface area contributed by atoms with Crippen LogP contribution >= 0.6 is 0 Å². The van der Waals surface area contributed by atoms with Gasteiger partial charge >= 0.3 is 0 Å². The number of hydrogen-bond acceptors (Lipinski definition) is 0. The molecule has 0 heteroatoms. The fourth-order valence-corrected chi connectivity index (χ4v) is 10.9. The highest BCUT2D eigenvalue weighted by atomic mass is 14.1. The zero-order valence-corrected chi connectivity index (χ0v) is 46.2. The maximum atomic E-state index is 2.52. The summed E-state index contributed by atoms with van der Waals surface area (Å²) in [6.45, 7) is 9.66. The third-order valence-corrected chi connectivity index (χ3v) is 15.7. The standard InChI is InChI=1S/C64H130/c1-5-7-9-11-13-15-16-17-18-35-38-41-44-48-53-57-61-64(4)62-58-54-50-46-43-40-37-34-32-30-28-26-24-22-20-19-21-23-25-27-29-31-33-36-39-42-45-49-52-56-60-63(3)59-55-51-47-14-12-10-8-6-2/h63-64H,5-62H2,1-4H3. The zero-order chi connectivity index (χ0) is 46.2. The summed E-state index contributed by atoms with van der Waals surface area (Å²) in [6, 6.07) is 0. The predicted octanol–water partition coefficient (Wildman–Crippen LogP) is 24.9. The van der Waals surface area contributed by atoms with E-state index in [-0.39, 0.29) is 0 Å². The van der Waals surface area contributed by atoms with E-state index in [0.29, 0.717) is 0 Å². The highest BCUT2D eigenvalue weighted by Crippen LogP contribution is 2.22. The van der Waals surface area contributed by atoms with Crippen LogP contribution < -0.4 is 0 Å². The van der Waals surface area contributed by atoms with Crippen LogP contribution in [0.5, 0.6) is 0 Å². The van der Waals surface area contributed by atoms with E-state index in [9.17, 15) is 0 Å². The quantitative estimate of drug-likeness (QED) is 0.0534. The Morgan fingerprint density at radius 3 is 0.344 bits per heavy atom. The molecule has 0 rings (SSSR count). The molecule has 0 aliphatic carbocycles. The summed E-state index contributed by atoms with van der Waals surface area (Å²) >= 11 is 0. The molecule has 386 valence electrons. The van der Waals surface area contributed by atoms with Gasteiger partial charge < -0.3 is 0 Å². The first kappa shape index (κ1) is 64.0. The topological polar surface area (TPSA) is 0 Å². The molecular weight excluding hydrogens is 769 g/mol. The van der Waals surface area contributed by atoms with E-state index in [2.05, 4.69) is 27.7 Å². The van der Waals surface area contributed by atoms with Crippen molar-refractivity contribution in [3.8, 4) is 0 Å². The minimum atomic E-state index is 0.962. The predicted molar refractivity (Wildman–Crippen MR) is 297 cm³/mol. The Balaban J connectivity index is 3.15. The largest absolute Gasteiger partial charge is 0.0654 e. The van der Waals surface area contributed by atoms with E-state index in [1.54, 1.807) is 0 Å². The maximum Gasteiger partial charge on any atom is -0.0443 e. The molecule has 0 saturated heterocycles. The average Bonchev–Trinajstić information content (AvgIpc) is 3.30. The van der Waals surface area contributed by atoms with Crippen LogP contribution in [0, 0.1) is 11.8 Å². The van der Waals surface area contributed by atoms with Gasteiger partial charge in [0.2, 0.25) is 0 Å². The zero-order valence-electron chi connectivity index (χ0n) is 46.2. The number of rotatable bonds is 59. The molecule has 2 atom stereocenters. The summed E-state index contributed by atoms with van der Waals surface area (Å²) in [5, 5.41) is 0. The van der Waals surface area contributed by atoms with E-state index >= 15 is 0 Å². The Morgan fingerprint density at radius 2 is 0.234 bits per heavy atom. The van der Waals surface area contributed by atoms with E-state index < -0.39 is 0 Å². The van der Waals surface area contributed by atoms with Crippen molar-refractivity contribution in [3.05, 3.63) is 0 Å². The Bertz CT molecular complexity index is 768. The lowest BCUT2D eigenvalue weighted by molar-refractivity contribution is 0.429. The molecular formula is C64H130. The van der Waals surface area contributed by atoms with Crippen molar-refractivity contribution >= 4 is 0 Å². The minimum absolute atomic E-state index is 0.962. The summed E-state index contributed by atoms with van der Waals surface area (Å²) in [4.78, 5) is 0. The van der Waals surface area contributed by atoms with E-state index in [0.717, 1.165) is 11.8 Å². The van der Waals surface area contributed by atoms with Crippen molar-refractivity contribution < 1.29 is 0 Å². The summed E-state index contributed by atoms with van der Waals surface area (Å²) in [5.41, 5.74) is 0. The second-order valence-electron chi connectivity index (χ2n) is 22.7. The lowest BCUT2D eigenvalue weighted by Gasteiger charge is -2.11.